The van der Waals surface area contributed by atoms with Gasteiger partial charge in [0.1, 0.15) is 25.7 Å². The van der Waals surface area contributed by atoms with Crippen molar-refractivity contribution in [3.05, 3.63) is 0 Å². The van der Waals surface area contributed by atoms with Crippen molar-refractivity contribution in [1.82, 2.24) is 0 Å². The Bertz CT molecular complexity index is 217. The Kier molecular flexibility index (Phi) is 2.76. The van der Waals surface area contributed by atoms with E-state index < -0.39 is 0 Å². The highest BCUT2D eigenvalue weighted by Crippen LogP contribution is 2.18. The third-order valence-corrected chi connectivity index (χ3v) is 2.39. The number of aliphatic hydroxyl groups is 1. The molecule has 0 unspecified atom stereocenters. The van der Waals surface area contributed by atoms with E-state index in [1.165, 1.54) is 0 Å². The largest absolute Gasteiger partial charge is 0.387 e. The molecule has 2 heteroatoms. The van der Waals surface area contributed by atoms with E-state index in [1.54, 1.807) is 0 Å². The maximum atomic E-state index is 9.37. The van der Waals surface area contributed by atoms with Crippen LogP contribution >= 0.6 is 0 Å². The van der Waals surface area contributed by atoms with Crippen molar-refractivity contribution in [3.8, 4) is 24.7 Å². The lowest BCUT2D eigenvalue weighted by molar-refractivity contribution is -0.904. The zero-order valence-corrected chi connectivity index (χ0v) is 7.16. The summed E-state index contributed by atoms with van der Waals surface area (Å²) < 4.78 is 0.703. The second kappa shape index (κ2) is 3.63. The van der Waals surface area contributed by atoms with Crippen LogP contribution in [0.2, 0.25) is 0 Å². The fraction of sp³-hybridized carbons (Fsp3) is 0.600. The molecule has 0 bridgehead atoms. The van der Waals surface area contributed by atoms with Gasteiger partial charge in [-0.2, -0.15) is 0 Å². The minimum Gasteiger partial charge on any atom is -0.387 e. The normalized spacial score (nSPS) is 26.1. The molecular weight excluding hydrogens is 150 g/mol. The second-order valence-electron chi connectivity index (χ2n) is 3.41. The zero-order chi connectivity index (χ0) is 9.03. The SMILES string of the molecule is C#CC[N+]1(CC#C)CC[C@@H](O)C1. The third-order valence-electron chi connectivity index (χ3n) is 2.39. The number of terminal acetylenes is 2. The van der Waals surface area contributed by atoms with Gasteiger partial charge in [0.2, 0.25) is 0 Å². The molecule has 0 radical (unpaired) electrons. The molecular formula is C10H14NO+. The summed E-state index contributed by atoms with van der Waals surface area (Å²) in [6, 6.07) is 0. The standard InChI is InChI=1S/C10H14NO/c1-3-6-11(7-4-2)8-5-10(12)9-11/h1-2,10,12H,5-9H2/q+1/t10-/m1/s1. The van der Waals surface area contributed by atoms with Gasteiger partial charge in [0, 0.05) is 6.42 Å². The molecule has 1 rings (SSSR count). The number of likely N-dealkylation sites (tertiary alicyclic amines) is 1. The van der Waals surface area contributed by atoms with Gasteiger partial charge in [0.25, 0.3) is 0 Å². The summed E-state index contributed by atoms with van der Waals surface area (Å²) >= 11 is 0. The fourth-order valence-electron chi connectivity index (χ4n) is 1.78. The van der Waals surface area contributed by atoms with Crippen LogP contribution in [0.3, 0.4) is 0 Å². The molecule has 12 heavy (non-hydrogen) atoms. The van der Waals surface area contributed by atoms with Crippen LogP contribution in [0.1, 0.15) is 6.42 Å². The van der Waals surface area contributed by atoms with E-state index in [0.29, 0.717) is 24.1 Å². The van der Waals surface area contributed by atoms with Crippen molar-refractivity contribution in [2.45, 2.75) is 12.5 Å². The van der Waals surface area contributed by atoms with Gasteiger partial charge in [-0.1, -0.05) is 0 Å². The summed E-state index contributed by atoms with van der Waals surface area (Å²) in [6.45, 7) is 2.91. The summed E-state index contributed by atoms with van der Waals surface area (Å²) in [5.74, 6) is 5.24. The average molecular weight is 164 g/mol. The van der Waals surface area contributed by atoms with E-state index in [-0.39, 0.29) is 6.10 Å². The number of nitrogens with zero attached hydrogens (tertiary/aromatic N) is 1. The fourth-order valence-corrected chi connectivity index (χ4v) is 1.78. The minimum atomic E-state index is -0.216. The number of hydrogen-bond acceptors (Lipinski definition) is 1. The Morgan fingerprint density at radius 1 is 1.33 bits per heavy atom. The van der Waals surface area contributed by atoms with Gasteiger partial charge in [0.05, 0.1) is 6.54 Å². The quantitative estimate of drug-likeness (QED) is 0.444. The van der Waals surface area contributed by atoms with E-state index in [0.717, 1.165) is 13.0 Å². The molecule has 1 fully saturated rings. The Balaban J connectivity index is 2.63. The highest BCUT2D eigenvalue weighted by atomic mass is 16.3. The van der Waals surface area contributed by atoms with E-state index in [2.05, 4.69) is 11.8 Å². The van der Waals surface area contributed by atoms with Gasteiger partial charge >= 0.3 is 0 Å². The molecule has 0 aromatic rings. The van der Waals surface area contributed by atoms with E-state index in [1.807, 2.05) is 0 Å². The van der Waals surface area contributed by atoms with Crippen molar-refractivity contribution in [1.29, 1.82) is 0 Å². The predicted octanol–water partition coefficient (Wildman–Crippen LogP) is -0.166. The maximum Gasteiger partial charge on any atom is 0.141 e. The monoisotopic (exact) mass is 164 g/mol. The lowest BCUT2D eigenvalue weighted by Crippen LogP contribution is -2.47. The molecule has 1 saturated heterocycles. The van der Waals surface area contributed by atoms with Crippen molar-refractivity contribution in [2.24, 2.45) is 0 Å². The van der Waals surface area contributed by atoms with Crippen LogP contribution in [-0.2, 0) is 0 Å². The van der Waals surface area contributed by atoms with E-state index in [4.69, 9.17) is 12.8 Å². The van der Waals surface area contributed by atoms with Gasteiger partial charge in [0.15, 0.2) is 0 Å². The first-order valence-electron chi connectivity index (χ1n) is 4.12. The Labute approximate surface area is 73.8 Å². The summed E-state index contributed by atoms with van der Waals surface area (Å²) in [5.41, 5.74) is 0. The first-order valence-corrected chi connectivity index (χ1v) is 4.12. The van der Waals surface area contributed by atoms with Crippen LogP contribution in [0.5, 0.6) is 0 Å². The van der Waals surface area contributed by atoms with Crippen molar-refractivity contribution in [3.63, 3.8) is 0 Å². The van der Waals surface area contributed by atoms with Crippen molar-refractivity contribution >= 4 is 0 Å². The highest BCUT2D eigenvalue weighted by molar-refractivity contribution is 4.90. The van der Waals surface area contributed by atoms with Gasteiger partial charge in [-0.05, 0) is 11.8 Å². The van der Waals surface area contributed by atoms with Gasteiger partial charge < -0.3 is 9.59 Å². The van der Waals surface area contributed by atoms with Crippen LogP contribution in [0.4, 0.5) is 0 Å². The molecule has 1 aliphatic heterocycles. The Morgan fingerprint density at radius 3 is 2.25 bits per heavy atom. The third kappa shape index (κ3) is 1.80. The molecule has 0 amide bonds. The molecule has 0 saturated carbocycles. The summed E-state index contributed by atoms with van der Waals surface area (Å²) in [4.78, 5) is 0. The first kappa shape index (κ1) is 9.13. The highest BCUT2D eigenvalue weighted by Gasteiger charge is 2.35. The molecule has 2 nitrogen and oxygen atoms in total. The smallest absolute Gasteiger partial charge is 0.141 e. The zero-order valence-electron chi connectivity index (χ0n) is 7.16. The molecule has 1 heterocycles. The maximum absolute atomic E-state index is 9.37. The van der Waals surface area contributed by atoms with Gasteiger partial charge in [-0.25, -0.2) is 0 Å². The van der Waals surface area contributed by atoms with Crippen molar-refractivity contribution < 1.29 is 9.59 Å². The molecule has 0 aliphatic carbocycles. The predicted molar refractivity (Wildman–Crippen MR) is 48.0 cm³/mol. The van der Waals surface area contributed by atoms with Crippen molar-refractivity contribution in [2.75, 3.05) is 26.2 Å². The molecule has 0 spiro atoms. The average Bonchev–Trinajstić information content (AvgIpc) is 2.34. The minimum absolute atomic E-state index is 0.216. The number of aliphatic hydroxyl groups excluding tert-OH is 1. The summed E-state index contributed by atoms with van der Waals surface area (Å²) in [5, 5.41) is 9.37. The Morgan fingerprint density at radius 2 is 1.92 bits per heavy atom. The van der Waals surface area contributed by atoms with E-state index >= 15 is 0 Å². The molecule has 1 aliphatic rings. The topological polar surface area (TPSA) is 20.2 Å². The lowest BCUT2D eigenvalue weighted by atomic mass is 10.3. The van der Waals surface area contributed by atoms with Crippen LogP contribution in [0, 0.1) is 24.7 Å². The van der Waals surface area contributed by atoms with Crippen LogP contribution < -0.4 is 0 Å². The van der Waals surface area contributed by atoms with Crippen LogP contribution in [0.15, 0.2) is 0 Å². The van der Waals surface area contributed by atoms with Crippen LogP contribution in [0.25, 0.3) is 0 Å². The van der Waals surface area contributed by atoms with E-state index in [9.17, 15) is 5.11 Å². The number of quaternary nitrogens is 1. The van der Waals surface area contributed by atoms with Crippen LogP contribution in [-0.4, -0.2) is 41.9 Å². The molecule has 1 atom stereocenters. The molecule has 64 valence electrons. The first-order chi connectivity index (χ1) is 5.72. The molecule has 0 aromatic carbocycles. The summed E-state index contributed by atoms with van der Waals surface area (Å²) in [6.07, 6.45) is 11.1. The Hall–Kier alpha value is -0.960. The summed E-state index contributed by atoms with van der Waals surface area (Å²) in [7, 11) is 0. The van der Waals surface area contributed by atoms with Gasteiger partial charge in [-0.3, -0.25) is 0 Å². The number of rotatable bonds is 2. The lowest BCUT2D eigenvalue weighted by Gasteiger charge is -2.29. The van der Waals surface area contributed by atoms with Gasteiger partial charge in [-0.15, -0.1) is 12.8 Å². The second-order valence-corrected chi connectivity index (χ2v) is 3.41. The molecule has 1 N–H and O–H groups in total. The number of hydrogen-bond donors (Lipinski definition) is 1. The molecule has 0 aromatic heterocycles.